The minimum absolute atomic E-state index is 0.0242. The molecular formula is C26H33FN8O. The van der Waals surface area contributed by atoms with E-state index in [4.69, 9.17) is 6.42 Å². The van der Waals surface area contributed by atoms with Crippen molar-refractivity contribution in [3.63, 3.8) is 0 Å². The minimum atomic E-state index is -0.586. The van der Waals surface area contributed by atoms with E-state index in [1.807, 2.05) is 47.6 Å². The van der Waals surface area contributed by atoms with Crippen LogP contribution in [0.15, 0.2) is 28.4 Å². The summed E-state index contributed by atoms with van der Waals surface area (Å²) in [7, 11) is 0. The van der Waals surface area contributed by atoms with Crippen LogP contribution in [-0.4, -0.2) is 47.1 Å². The number of hydrogen-bond acceptors (Lipinski definition) is 8. The van der Waals surface area contributed by atoms with Gasteiger partial charge in [0.25, 0.3) is 0 Å². The fourth-order valence-electron chi connectivity index (χ4n) is 3.49. The Kier molecular flexibility index (Phi) is 8.25. The lowest BCUT2D eigenvalue weighted by atomic mass is 9.92. The first-order valence-corrected chi connectivity index (χ1v) is 11.7. The molecule has 1 aliphatic rings. The number of terminal acetylenes is 1. The first-order chi connectivity index (χ1) is 17.0. The molecule has 0 bridgehead atoms. The van der Waals surface area contributed by atoms with Crippen LogP contribution in [0.2, 0.25) is 0 Å². The summed E-state index contributed by atoms with van der Waals surface area (Å²) in [5.41, 5.74) is 2.29. The van der Waals surface area contributed by atoms with E-state index in [1.54, 1.807) is 23.6 Å². The molecule has 0 spiro atoms. The zero-order chi connectivity index (χ0) is 26.5. The molecule has 0 radical (unpaired) electrons. The maximum absolute atomic E-state index is 14.8. The Labute approximate surface area is 211 Å². The summed E-state index contributed by atoms with van der Waals surface area (Å²) in [6.45, 7) is 12.0. The Morgan fingerprint density at radius 2 is 1.97 bits per heavy atom. The van der Waals surface area contributed by atoms with Crippen LogP contribution in [0.3, 0.4) is 0 Å². The molecule has 36 heavy (non-hydrogen) atoms. The van der Waals surface area contributed by atoms with Gasteiger partial charge in [0.15, 0.2) is 11.6 Å². The van der Waals surface area contributed by atoms with Crippen molar-refractivity contribution >= 4 is 41.3 Å². The van der Waals surface area contributed by atoms with Crippen LogP contribution in [-0.2, 0) is 4.79 Å². The largest absolute Gasteiger partial charge is 0.363 e. The van der Waals surface area contributed by atoms with Crippen molar-refractivity contribution in [2.24, 2.45) is 15.5 Å². The molecule has 0 fully saturated rings. The van der Waals surface area contributed by atoms with Crippen LogP contribution in [0.25, 0.3) is 0 Å². The van der Waals surface area contributed by atoms with E-state index in [1.165, 1.54) is 6.07 Å². The average Bonchev–Trinajstić information content (AvgIpc) is 2.81. The molecule has 190 valence electrons. The standard InChI is InChI=1S/C26H33FN8O/c1-8-19-11-21(27)25(32-17(3)16(2)31-23(36)13-26(5,6)7)34-24(19)33-20-12-22(18(4)29-14-20)35-15-28-9-10-30-35/h1,9-12,14,16-17H,13,15H2,2-7H3,(H,31,36)(H2,32,33,34)/t16-,17?/m0/s1. The molecule has 0 saturated carbocycles. The first-order valence-electron chi connectivity index (χ1n) is 11.7. The summed E-state index contributed by atoms with van der Waals surface area (Å²) in [4.78, 5) is 25.4. The summed E-state index contributed by atoms with van der Waals surface area (Å²) >= 11 is 0. The highest BCUT2D eigenvalue weighted by atomic mass is 19.1. The molecule has 3 heterocycles. The molecule has 10 heteroatoms. The second kappa shape index (κ2) is 11.2. The van der Waals surface area contributed by atoms with Crippen molar-refractivity contribution in [2.45, 2.75) is 60.0 Å². The number of aromatic nitrogens is 2. The smallest absolute Gasteiger partial charge is 0.220 e. The number of hydrazone groups is 1. The molecule has 1 amide bonds. The molecule has 1 unspecified atom stereocenters. The van der Waals surface area contributed by atoms with Gasteiger partial charge in [0.2, 0.25) is 5.91 Å². The van der Waals surface area contributed by atoms with Crippen molar-refractivity contribution in [2.75, 3.05) is 22.3 Å². The third kappa shape index (κ3) is 7.01. The third-order valence-electron chi connectivity index (χ3n) is 5.52. The van der Waals surface area contributed by atoms with Gasteiger partial charge < -0.3 is 16.0 Å². The molecular weight excluding hydrogens is 459 g/mol. The Morgan fingerprint density at radius 3 is 2.61 bits per heavy atom. The number of aryl methyl sites for hydroxylation is 1. The van der Waals surface area contributed by atoms with Crippen LogP contribution in [0.5, 0.6) is 0 Å². The van der Waals surface area contributed by atoms with E-state index >= 15 is 0 Å². The summed E-state index contributed by atoms with van der Waals surface area (Å²) in [5, 5.41) is 15.2. The second-order valence-electron chi connectivity index (χ2n) is 9.98. The molecule has 0 aromatic carbocycles. The van der Waals surface area contributed by atoms with Gasteiger partial charge >= 0.3 is 0 Å². The maximum Gasteiger partial charge on any atom is 0.220 e. The predicted molar refractivity (Wildman–Crippen MR) is 143 cm³/mol. The van der Waals surface area contributed by atoms with Crippen molar-refractivity contribution < 1.29 is 9.18 Å². The number of rotatable bonds is 8. The van der Waals surface area contributed by atoms with Gasteiger partial charge in [-0.25, -0.2) is 14.4 Å². The molecule has 0 saturated heterocycles. The zero-order valence-electron chi connectivity index (χ0n) is 21.6. The lowest BCUT2D eigenvalue weighted by molar-refractivity contribution is -0.123. The third-order valence-corrected chi connectivity index (χ3v) is 5.52. The number of carbonyl (C=O) groups is 1. The lowest BCUT2D eigenvalue weighted by Crippen LogP contribution is -2.44. The SMILES string of the molecule is C#Cc1cc(F)c(NC(C)[C@H](C)NC(=O)CC(C)(C)C)nc1Nc1cnc(C)c(N2CN=CC=N2)c1. The lowest BCUT2D eigenvalue weighted by Gasteiger charge is -2.25. The highest BCUT2D eigenvalue weighted by molar-refractivity contribution is 6.16. The summed E-state index contributed by atoms with van der Waals surface area (Å²) in [5.74, 6) is 2.15. The summed E-state index contributed by atoms with van der Waals surface area (Å²) < 4.78 is 14.8. The molecule has 2 atom stereocenters. The average molecular weight is 493 g/mol. The Balaban J connectivity index is 1.79. The monoisotopic (exact) mass is 492 g/mol. The molecule has 1 aliphatic heterocycles. The van der Waals surface area contributed by atoms with Crippen LogP contribution in [0.1, 0.15) is 52.3 Å². The van der Waals surface area contributed by atoms with Crippen LogP contribution in [0, 0.1) is 30.5 Å². The van der Waals surface area contributed by atoms with Crippen LogP contribution in [0.4, 0.5) is 27.4 Å². The molecule has 2 aromatic rings. The van der Waals surface area contributed by atoms with E-state index in [0.717, 1.165) is 11.4 Å². The zero-order valence-corrected chi connectivity index (χ0v) is 21.6. The molecule has 0 aliphatic carbocycles. The van der Waals surface area contributed by atoms with Crippen molar-refractivity contribution in [3.8, 4) is 12.3 Å². The fourth-order valence-corrected chi connectivity index (χ4v) is 3.49. The Bertz CT molecular complexity index is 1210. The summed E-state index contributed by atoms with van der Waals surface area (Å²) in [6.07, 6.45) is 10.9. The molecule has 2 aromatic heterocycles. The van der Waals surface area contributed by atoms with E-state index in [2.05, 4.69) is 41.9 Å². The van der Waals surface area contributed by atoms with E-state index < -0.39 is 5.82 Å². The molecule has 3 N–H and O–H groups in total. The van der Waals surface area contributed by atoms with Gasteiger partial charge in [0, 0.05) is 24.7 Å². The Morgan fingerprint density at radius 1 is 1.22 bits per heavy atom. The normalized spacial score (nSPS) is 14.7. The van der Waals surface area contributed by atoms with Gasteiger partial charge in [0.1, 0.15) is 12.5 Å². The number of halogens is 1. The van der Waals surface area contributed by atoms with Gasteiger partial charge in [0.05, 0.1) is 35.0 Å². The molecule has 9 nitrogen and oxygen atoms in total. The van der Waals surface area contributed by atoms with E-state index in [-0.39, 0.29) is 34.8 Å². The van der Waals surface area contributed by atoms with E-state index in [9.17, 15) is 9.18 Å². The predicted octanol–water partition coefficient (Wildman–Crippen LogP) is 4.22. The van der Waals surface area contributed by atoms with Gasteiger partial charge in [-0.2, -0.15) is 5.10 Å². The van der Waals surface area contributed by atoms with Gasteiger partial charge in [-0.1, -0.05) is 26.7 Å². The number of nitrogens with one attached hydrogen (secondary N) is 3. The van der Waals surface area contributed by atoms with Crippen molar-refractivity contribution in [3.05, 3.63) is 35.4 Å². The topological polar surface area (TPSA) is 107 Å². The number of aliphatic imine (C=N–C) groups is 1. The second-order valence-corrected chi connectivity index (χ2v) is 9.98. The highest BCUT2D eigenvalue weighted by Crippen LogP contribution is 2.28. The van der Waals surface area contributed by atoms with Gasteiger partial charge in [-0.3, -0.25) is 14.8 Å². The van der Waals surface area contributed by atoms with Crippen LogP contribution < -0.4 is 21.0 Å². The fraction of sp³-hybridized carbons (Fsp3) is 0.423. The Hall–Kier alpha value is -4.00. The maximum atomic E-state index is 14.8. The van der Waals surface area contributed by atoms with Crippen molar-refractivity contribution in [1.82, 2.24) is 15.3 Å². The highest BCUT2D eigenvalue weighted by Gasteiger charge is 2.22. The summed E-state index contributed by atoms with van der Waals surface area (Å²) in [6, 6.07) is 2.54. The minimum Gasteiger partial charge on any atom is -0.363 e. The number of pyridine rings is 2. The number of carbonyl (C=O) groups excluding carboxylic acids is 1. The van der Waals surface area contributed by atoms with Gasteiger partial charge in [-0.15, -0.1) is 6.42 Å². The van der Waals surface area contributed by atoms with E-state index in [0.29, 0.717) is 24.6 Å². The number of nitrogens with zero attached hydrogens (tertiary/aromatic N) is 5. The molecule has 3 rings (SSSR count). The number of anilines is 4. The van der Waals surface area contributed by atoms with Crippen LogP contribution >= 0.6 is 0 Å². The number of hydrogen-bond donors (Lipinski definition) is 3. The van der Waals surface area contributed by atoms with Gasteiger partial charge in [-0.05, 0) is 38.3 Å². The first kappa shape index (κ1) is 26.6. The van der Waals surface area contributed by atoms with Crippen molar-refractivity contribution in [1.29, 1.82) is 0 Å². The quantitative estimate of drug-likeness (QED) is 0.476. The number of amides is 1.